The number of aromatic nitrogens is 1. The lowest BCUT2D eigenvalue weighted by Gasteiger charge is -2.34. The highest BCUT2D eigenvalue weighted by Gasteiger charge is 2.39. The van der Waals surface area contributed by atoms with Crippen molar-refractivity contribution in [1.29, 1.82) is 0 Å². The van der Waals surface area contributed by atoms with Crippen molar-refractivity contribution < 1.29 is 12.6 Å². The van der Waals surface area contributed by atoms with Gasteiger partial charge in [0.1, 0.15) is 5.60 Å². The molecule has 3 aromatic carbocycles. The molecule has 0 fully saturated rings. The molecule has 0 aliphatic carbocycles. The third-order valence-electron chi connectivity index (χ3n) is 6.10. The maximum Gasteiger partial charge on any atom is 0.265 e. The van der Waals surface area contributed by atoms with E-state index in [1.54, 1.807) is 0 Å². The average Bonchev–Trinajstić information content (AvgIpc) is 2.85. The molecule has 4 aromatic rings. The number of aryl methyl sites for hydroxylation is 1. The summed E-state index contributed by atoms with van der Waals surface area (Å²) in [6.07, 6.45) is 6.23. The first-order chi connectivity index (χ1) is 16.7. The quantitative estimate of drug-likeness (QED) is 0.237. The van der Waals surface area contributed by atoms with Gasteiger partial charge in [0.15, 0.2) is 0 Å². The molecule has 0 amide bonds. The van der Waals surface area contributed by atoms with Crippen molar-refractivity contribution in [1.82, 2.24) is 4.98 Å². The van der Waals surface area contributed by atoms with Gasteiger partial charge < -0.3 is 0 Å². The van der Waals surface area contributed by atoms with Gasteiger partial charge in [0.2, 0.25) is 0 Å². The van der Waals surface area contributed by atoms with Gasteiger partial charge >= 0.3 is 0 Å². The fourth-order valence-corrected chi connectivity index (χ4v) is 5.44. The van der Waals surface area contributed by atoms with E-state index in [9.17, 15) is 8.42 Å². The van der Waals surface area contributed by atoms with Crippen LogP contribution in [0.1, 0.15) is 48.2 Å². The van der Waals surface area contributed by atoms with Gasteiger partial charge in [-0.1, -0.05) is 86.1 Å². The monoisotopic (exact) mass is 505 g/mol. The third kappa shape index (κ3) is 5.64. The van der Waals surface area contributed by atoms with Crippen LogP contribution in [0.3, 0.4) is 0 Å². The Kier molecular flexibility index (Phi) is 7.41. The molecule has 1 heterocycles. The highest BCUT2D eigenvalue weighted by atomic mass is 35.5. The molecular weight excluding hydrogens is 478 g/mol. The molecule has 0 N–H and O–H groups in total. The lowest BCUT2D eigenvalue weighted by Crippen LogP contribution is -2.34. The first kappa shape index (κ1) is 25.1. The maximum absolute atomic E-state index is 12.4. The summed E-state index contributed by atoms with van der Waals surface area (Å²) in [5.41, 5.74) is 4.13. The van der Waals surface area contributed by atoms with E-state index < -0.39 is 15.7 Å². The van der Waals surface area contributed by atoms with Gasteiger partial charge in [-0.2, -0.15) is 8.42 Å². The van der Waals surface area contributed by atoms with Crippen LogP contribution in [0.4, 0.5) is 0 Å². The van der Waals surface area contributed by atoms with Crippen LogP contribution < -0.4 is 0 Å². The summed E-state index contributed by atoms with van der Waals surface area (Å²) in [5, 5.41) is 1.67. The number of fused-ring (bicyclic) bond motifs is 1. The number of halogens is 1. The smallest absolute Gasteiger partial charge is 0.254 e. The molecule has 0 spiro atoms. The summed E-state index contributed by atoms with van der Waals surface area (Å²) in [6, 6.07) is 25.3. The van der Waals surface area contributed by atoms with Gasteiger partial charge in [-0.25, -0.2) is 4.98 Å². The molecule has 0 aliphatic heterocycles. The Morgan fingerprint density at radius 3 is 2.46 bits per heavy atom. The van der Waals surface area contributed by atoms with Gasteiger partial charge in [0.05, 0.1) is 17.5 Å². The van der Waals surface area contributed by atoms with E-state index in [0.29, 0.717) is 11.4 Å². The minimum Gasteiger partial charge on any atom is -0.254 e. The van der Waals surface area contributed by atoms with E-state index in [2.05, 4.69) is 11.9 Å². The average molecular weight is 506 g/mol. The molecule has 6 heteroatoms. The maximum atomic E-state index is 12.4. The van der Waals surface area contributed by atoms with Gasteiger partial charge in [-0.05, 0) is 65.4 Å². The number of hydrogen-bond donors (Lipinski definition) is 0. The Morgan fingerprint density at radius 1 is 0.943 bits per heavy atom. The normalized spacial score (nSPS) is 13.8. The van der Waals surface area contributed by atoms with E-state index in [1.807, 2.05) is 97.9 Å². The SMILES string of the molecule is CCc1ccccc1[C@@](CC)(OS(C)(=O)=O)c1cccc(C=Cc2ccc3ccc(Cl)cc3n2)c1. The van der Waals surface area contributed by atoms with Gasteiger partial charge in [-0.15, -0.1) is 0 Å². The van der Waals surface area contributed by atoms with Crippen LogP contribution in [-0.2, 0) is 26.3 Å². The Morgan fingerprint density at radius 2 is 1.71 bits per heavy atom. The zero-order valence-corrected chi connectivity index (χ0v) is 21.6. The third-order valence-corrected chi connectivity index (χ3v) is 6.92. The molecule has 1 atom stereocenters. The summed E-state index contributed by atoms with van der Waals surface area (Å²) in [4.78, 5) is 4.68. The molecule has 0 saturated carbocycles. The lowest BCUT2D eigenvalue weighted by atomic mass is 9.80. The number of rotatable bonds is 8. The van der Waals surface area contributed by atoms with E-state index in [0.717, 1.165) is 51.5 Å². The molecule has 180 valence electrons. The summed E-state index contributed by atoms with van der Waals surface area (Å²) in [5.74, 6) is 0. The number of hydrogen-bond acceptors (Lipinski definition) is 4. The van der Waals surface area contributed by atoms with E-state index in [1.165, 1.54) is 0 Å². The second-order valence-electron chi connectivity index (χ2n) is 8.51. The Balaban J connectivity index is 1.78. The van der Waals surface area contributed by atoms with Crippen molar-refractivity contribution in [3.8, 4) is 0 Å². The van der Waals surface area contributed by atoms with Gasteiger partial charge in [0, 0.05) is 10.4 Å². The van der Waals surface area contributed by atoms with Crippen molar-refractivity contribution in [2.75, 3.05) is 6.26 Å². The molecule has 35 heavy (non-hydrogen) atoms. The van der Waals surface area contributed by atoms with Crippen LogP contribution in [0.2, 0.25) is 5.02 Å². The molecule has 0 saturated heterocycles. The largest absolute Gasteiger partial charge is 0.265 e. The van der Waals surface area contributed by atoms with Crippen molar-refractivity contribution in [3.63, 3.8) is 0 Å². The molecule has 1 aromatic heterocycles. The summed E-state index contributed by atoms with van der Waals surface area (Å²) in [6.45, 7) is 4.01. The van der Waals surface area contributed by atoms with Crippen LogP contribution in [0.25, 0.3) is 23.1 Å². The van der Waals surface area contributed by atoms with Gasteiger partial charge in [0.25, 0.3) is 10.1 Å². The highest BCUT2D eigenvalue weighted by molar-refractivity contribution is 7.86. The van der Waals surface area contributed by atoms with Crippen molar-refractivity contribution in [2.24, 2.45) is 0 Å². The van der Waals surface area contributed by atoms with Crippen LogP contribution in [0.15, 0.2) is 78.9 Å². The number of benzene rings is 3. The van der Waals surface area contributed by atoms with Crippen molar-refractivity contribution in [3.05, 3.63) is 112 Å². The fraction of sp³-hybridized carbons (Fsp3) is 0.207. The molecule has 4 nitrogen and oxygen atoms in total. The zero-order valence-electron chi connectivity index (χ0n) is 20.0. The molecule has 4 rings (SSSR count). The second kappa shape index (κ2) is 10.3. The minimum atomic E-state index is -3.75. The van der Waals surface area contributed by atoms with Gasteiger partial charge in [-0.3, -0.25) is 4.18 Å². The number of pyridine rings is 1. The van der Waals surface area contributed by atoms with E-state index in [-0.39, 0.29) is 0 Å². The first-order valence-corrected chi connectivity index (χ1v) is 13.8. The number of nitrogens with zero attached hydrogens (tertiary/aromatic N) is 1. The van der Waals surface area contributed by atoms with Crippen LogP contribution in [0, 0.1) is 0 Å². The Hall–Kier alpha value is -2.99. The Bertz CT molecular complexity index is 1500. The molecule has 0 aliphatic rings. The predicted molar refractivity (Wildman–Crippen MR) is 145 cm³/mol. The van der Waals surface area contributed by atoms with Crippen molar-refractivity contribution in [2.45, 2.75) is 32.3 Å². The predicted octanol–water partition coefficient (Wildman–Crippen LogP) is 7.25. The molecule has 0 radical (unpaired) electrons. The van der Waals surface area contributed by atoms with Crippen LogP contribution >= 0.6 is 11.6 Å². The fourth-order valence-electron chi connectivity index (χ4n) is 4.46. The zero-order chi connectivity index (χ0) is 25.1. The molecule has 0 unspecified atom stereocenters. The van der Waals surface area contributed by atoms with Crippen LogP contribution in [0.5, 0.6) is 0 Å². The highest BCUT2D eigenvalue weighted by Crippen LogP contribution is 2.40. The summed E-state index contributed by atoms with van der Waals surface area (Å²) >= 11 is 6.12. The van der Waals surface area contributed by atoms with Crippen molar-refractivity contribution >= 4 is 44.8 Å². The van der Waals surface area contributed by atoms with Crippen LogP contribution in [-0.4, -0.2) is 19.7 Å². The molecule has 0 bridgehead atoms. The summed E-state index contributed by atoms with van der Waals surface area (Å²) < 4.78 is 30.7. The topological polar surface area (TPSA) is 56.3 Å². The minimum absolute atomic E-state index is 0.456. The lowest BCUT2D eigenvalue weighted by molar-refractivity contribution is 0.115. The van der Waals surface area contributed by atoms with E-state index in [4.69, 9.17) is 15.8 Å². The molecular formula is C29H28ClNO3S. The standard InChI is InChI=1S/C29H28ClNO3S/c1-4-22-10-6-7-12-27(22)29(5-2,34-35(3,32)33)24-11-8-9-21(19-24)13-17-26-18-15-23-14-16-25(30)20-28(23)31-26/h6-20H,4-5H2,1-3H3/t29-/m0/s1. The summed E-state index contributed by atoms with van der Waals surface area (Å²) in [7, 11) is -3.75. The second-order valence-corrected chi connectivity index (χ2v) is 10.5. The Labute approximate surface area is 212 Å². The first-order valence-electron chi connectivity index (χ1n) is 11.6. The van der Waals surface area contributed by atoms with E-state index >= 15 is 0 Å².